The van der Waals surface area contributed by atoms with Crippen LogP contribution in [0.3, 0.4) is 0 Å². The van der Waals surface area contributed by atoms with Crippen LogP contribution >= 0.6 is 15.9 Å². The molecule has 0 unspecified atom stereocenters. The molecule has 0 saturated carbocycles. The van der Waals surface area contributed by atoms with Gasteiger partial charge in [0.05, 0.1) is 5.56 Å². The van der Waals surface area contributed by atoms with Gasteiger partial charge in [0.2, 0.25) is 0 Å². The highest BCUT2D eigenvalue weighted by Gasteiger charge is 2.10. The first-order valence-corrected chi connectivity index (χ1v) is 6.99. The Labute approximate surface area is 129 Å². The average Bonchev–Trinajstić information content (AvgIpc) is 2.98. The van der Waals surface area contributed by atoms with Gasteiger partial charge in [0.15, 0.2) is 5.76 Å². The number of nitrogens with zero attached hydrogens (tertiary/aromatic N) is 1. The second-order valence-corrected chi connectivity index (χ2v) is 5.38. The summed E-state index contributed by atoms with van der Waals surface area (Å²) < 4.78 is 6.32. The molecule has 3 rings (SSSR count). The van der Waals surface area contributed by atoms with E-state index in [2.05, 4.69) is 21.1 Å². The minimum absolute atomic E-state index is 0.223. The smallest absolute Gasteiger partial charge is 0.335 e. The first-order valence-electron chi connectivity index (χ1n) is 6.20. The van der Waals surface area contributed by atoms with E-state index in [1.807, 2.05) is 24.3 Å². The minimum Gasteiger partial charge on any atom is -0.478 e. The van der Waals surface area contributed by atoms with E-state index in [0.29, 0.717) is 17.0 Å². The van der Waals surface area contributed by atoms with Crippen molar-refractivity contribution in [1.29, 1.82) is 0 Å². The molecule has 0 aliphatic heterocycles. The van der Waals surface area contributed by atoms with E-state index in [0.717, 1.165) is 10.0 Å². The van der Waals surface area contributed by atoms with Crippen LogP contribution in [0.4, 0.5) is 0 Å². The lowest BCUT2D eigenvalue weighted by atomic mass is 10.1. The van der Waals surface area contributed by atoms with Gasteiger partial charge in [-0.15, -0.1) is 0 Å². The molecular formula is C16H10BrNO3. The van der Waals surface area contributed by atoms with Gasteiger partial charge in [-0.2, -0.15) is 0 Å². The van der Waals surface area contributed by atoms with Crippen molar-refractivity contribution in [3.05, 3.63) is 64.6 Å². The normalized spacial score (nSPS) is 10.5. The molecule has 0 aliphatic rings. The second-order valence-electron chi connectivity index (χ2n) is 4.47. The predicted molar refractivity (Wildman–Crippen MR) is 82.0 cm³/mol. The summed E-state index contributed by atoms with van der Waals surface area (Å²) in [6.45, 7) is 0. The Hall–Kier alpha value is -2.40. The lowest BCUT2D eigenvalue weighted by molar-refractivity contribution is 0.0697. The molecule has 0 saturated heterocycles. The van der Waals surface area contributed by atoms with Gasteiger partial charge in [-0.3, -0.25) is 0 Å². The van der Waals surface area contributed by atoms with Crippen LogP contribution in [0.25, 0.3) is 22.6 Å². The number of carboxylic acid groups (broad SMARTS) is 1. The van der Waals surface area contributed by atoms with Gasteiger partial charge in [0, 0.05) is 21.7 Å². The van der Waals surface area contributed by atoms with Crippen LogP contribution in [0.5, 0.6) is 0 Å². The lowest BCUT2D eigenvalue weighted by Crippen LogP contribution is -1.95. The zero-order valence-corrected chi connectivity index (χ0v) is 12.4. The molecule has 0 amide bonds. The van der Waals surface area contributed by atoms with Crippen molar-refractivity contribution in [2.75, 3.05) is 0 Å². The molecule has 1 heterocycles. The summed E-state index contributed by atoms with van der Waals surface area (Å²) in [6.07, 6.45) is 0. The standard InChI is InChI=1S/C16H10BrNO3/c17-13-6-4-10(5-7-13)15-9-14(18-21-15)11-2-1-3-12(8-11)16(19)20/h1-9H,(H,19,20). The Morgan fingerprint density at radius 3 is 2.52 bits per heavy atom. The van der Waals surface area contributed by atoms with Gasteiger partial charge >= 0.3 is 5.97 Å². The highest BCUT2D eigenvalue weighted by molar-refractivity contribution is 9.10. The van der Waals surface area contributed by atoms with Crippen molar-refractivity contribution >= 4 is 21.9 Å². The Kier molecular flexibility index (Phi) is 3.58. The summed E-state index contributed by atoms with van der Waals surface area (Å²) in [5.41, 5.74) is 2.45. The number of rotatable bonds is 3. The average molecular weight is 344 g/mol. The topological polar surface area (TPSA) is 63.3 Å². The molecule has 4 nitrogen and oxygen atoms in total. The first-order chi connectivity index (χ1) is 10.1. The third-order valence-electron chi connectivity index (χ3n) is 3.04. The molecule has 1 aromatic heterocycles. The molecule has 0 radical (unpaired) electrons. The van der Waals surface area contributed by atoms with Crippen LogP contribution in [0.2, 0.25) is 0 Å². The molecular weight excluding hydrogens is 334 g/mol. The van der Waals surface area contributed by atoms with Gasteiger partial charge < -0.3 is 9.63 Å². The molecule has 0 bridgehead atoms. The number of hydrogen-bond acceptors (Lipinski definition) is 3. The monoisotopic (exact) mass is 343 g/mol. The third kappa shape index (κ3) is 2.87. The van der Waals surface area contributed by atoms with E-state index in [9.17, 15) is 4.79 Å². The van der Waals surface area contributed by atoms with Gasteiger partial charge in [0.1, 0.15) is 5.69 Å². The molecule has 3 aromatic rings. The van der Waals surface area contributed by atoms with Gasteiger partial charge in [-0.05, 0) is 24.3 Å². The van der Waals surface area contributed by atoms with Crippen LogP contribution in [0.15, 0.2) is 63.6 Å². The number of aromatic nitrogens is 1. The summed E-state index contributed by atoms with van der Waals surface area (Å²) >= 11 is 3.38. The van der Waals surface area contributed by atoms with Crippen molar-refractivity contribution in [2.45, 2.75) is 0 Å². The Bertz CT molecular complexity index is 793. The van der Waals surface area contributed by atoms with Crippen molar-refractivity contribution in [3.8, 4) is 22.6 Å². The quantitative estimate of drug-likeness (QED) is 0.761. The first kappa shape index (κ1) is 13.6. The maximum absolute atomic E-state index is 11.0. The summed E-state index contributed by atoms with van der Waals surface area (Å²) in [4.78, 5) is 11.0. The molecule has 21 heavy (non-hydrogen) atoms. The zero-order chi connectivity index (χ0) is 14.8. The molecule has 0 spiro atoms. The highest BCUT2D eigenvalue weighted by Crippen LogP contribution is 2.27. The van der Waals surface area contributed by atoms with Crippen molar-refractivity contribution in [3.63, 3.8) is 0 Å². The fraction of sp³-hybridized carbons (Fsp3) is 0. The zero-order valence-electron chi connectivity index (χ0n) is 10.8. The fourth-order valence-electron chi connectivity index (χ4n) is 1.97. The Morgan fingerprint density at radius 1 is 1.05 bits per heavy atom. The minimum atomic E-state index is -0.964. The lowest BCUT2D eigenvalue weighted by Gasteiger charge is -1.97. The number of carboxylic acids is 1. The molecule has 0 atom stereocenters. The number of benzene rings is 2. The highest BCUT2D eigenvalue weighted by atomic mass is 79.9. The largest absolute Gasteiger partial charge is 0.478 e. The number of halogens is 1. The van der Waals surface area contributed by atoms with E-state index in [1.165, 1.54) is 0 Å². The van der Waals surface area contributed by atoms with Crippen LogP contribution < -0.4 is 0 Å². The van der Waals surface area contributed by atoms with E-state index < -0.39 is 5.97 Å². The molecule has 5 heteroatoms. The van der Waals surface area contributed by atoms with Gasteiger partial charge in [-0.1, -0.05) is 45.4 Å². The van der Waals surface area contributed by atoms with Crippen molar-refractivity contribution in [2.24, 2.45) is 0 Å². The number of aromatic carboxylic acids is 1. The molecule has 0 fully saturated rings. The second kappa shape index (κ2) is 5.54. The van der Waals surface area contributed by atoms with E-state index in [1.54, 1.807) is 30.3 Å². The summed E-state index contributed by atoms with van der Waals surface area (Å²) in [5.74, 6) is -0.327. The summed E-state index contributed by atoms with van der Waals surface area (Å²) in [6, 6.07) is 16.1. The van der Waals surface area contributed by atoms with Crippen LogP contribution in [0.1, 0.15) is 10.4 Å². The predicted octanol–water partition coefficient (Wildman–Crippen LogP) is 4.47. The maximum Gasteiger partial charge on any atom is 0.335 e. The van der Waals surface area contributed by atoms with E-state index in [-0.39, 0.29) is 5.56 Å². The number of carbonyl (C=O) groups is 1. The summed E-state index contributed by atoms with van der Waals surface area (Å²) in [5, 5.41) is 13.0. The van der Waals surface area contributed by atoms with E-state index in [4.69, 9.17) is 9.63 Å². The summed E-state index contributed by atoms with van der Waals surface area (Å²) in [7, 11) is 0. The maximum atomic E-state index is 11.0. The fourth-order valence-corrected chi connectivity index (χ4v) is 2.24. The molecule has 0 aliphatic carbocycles. The molecule has 2 aromatic carbocycles. The van der Waals surface area contributed by atoms with E-state index >= 15 is 0 Å². The van der Waals surface area contributed by atoms with Gasteiger partial charge in [-0.25, -0.2) is 4.79 Å². The Balaban J connectivity index is 1.96. The number of hydrogen-bond donors (Lipinski definition) is 1. The van der Waals surface area contributed by atoms with Crippen LogP contribution in [-0.4, -0.2) is 16.2 Å². The molecule has 1 N–H and O–H groups in total. The van der Waals surface area contributed by atoms with Crippen molar-refractivity contribution in [1.82, 2.24) is 5.16 Å². The van der Waals surface area contributed by atoms with Crippen LogP contribution in [0, 0.1) is 0 Å². The van der Waals surface area contributed by atoms with Crippen LogP contribution in [-0.2, 0) is 0 Å². The van der Waals surface area contributed by atoms with Crippen molar-refractivity contribution < 1.29 is 14.4 Å². The SMILES string of the molecule is O=C(O)c1cccc(-c2cc(-c3ccc(Br)cc3)on2)c1. The van der Waals surface area contributed by atoms with Gasteiger partial charge in [0.25, 0.3) is 0 Å². The third-order valence-corrected chi connectivity index (χ3v) is 3.57. The molecule has 104 valence electrons. The Morgan fingerprint density at radius 2 is 1.81 bits per heavy atom.